The van der Waals surface area contributed by atoms with Crippen molar-refractivity contribution < 1.29 is 63.6 Å². The summed E-state index contributed by atoms with van der Waals surface area (Å²) in [6.07, 6.45) is 9.66. The molecule has 360 valence electrons. The van der Waals surface area contributed by atoms with Crippen molar-refractivity contribution in [3.05, 3.63) is 81.3 Å². The number of aryl methyl sites for hydroxylation is 1. The molecule has 2 aliphatic carbocycles. The van der Waals surface area contributed by atoms with Gasteiger partial charge in [-0.2, -0.15) is 0 Å². The van der Waals surface area contributed by atoms with Crippen LogP contribution in [0.5, 0.6) is 17.2 Å². The molecule has 15 heteroatoms. The van der Waals surface area contributed by atoms with Gasteiger partial charge in [-0.15, -0.1) is 0 Å². The second-order valence-electron chi connectivity index (χ2n) is 19.2. The number of methoxy groups -OCH3 is 1. The molecule has 9 rings (SSSR count). The Hall–Kier alpha value is -4.87. The molecule has 2 aromatic carbocycles. The van der Waals surface area contributed by atoms with E-state index in [1.807, 2.05) is 24.4 Å². The Balaban J connectivity index is 1.24. The SMILES string of the molecule is CCOC(=O)C1=C(C=O)C2=C3CC(CO)C(=O)C(C3)c3cc4cc[nH]c4cc3CCC(CO)COc3c4c(c(CO)c(c32)O1)OC(C1(O)C(CCCO)C=CC2CN(CCCOC)CCC21)C4. The number of H-pyrrole nitrogens is 1. The predicted octanol–water partition coefficient (Wildman–Crippen LogP) is 4.48. The number of nitrogens with zero attached hydrogens (tertiary/aromatic N) is 1. The number of aromatic nitrogens is 1. The zero-order valence-electron chi connectivity index (χ0n) is 38.5. The quantitative estimate of drug-likeness (QED) is 0.0569. The van der Waals surface area contributed by atoms with Crippen molar-refractivity contribution in [3.63, 3.8) is 0 Å². The number of nitrogens with one attached hydrogen (secondary N) is 1. The number of rotatable bonds is 14. The van der Waals surface area contributed by atoms with Crippen LogP contribution in [-0.2, 0) is 43.3 Å². The van der Waals surface area contributed by atoms with E-state index in [1.54, 1.807) is 14.0 Å². The molecule has 0 radical (unpaired) electrons. The number of carbonyl (C=O) groups excluding carboxylic acids is 3. The van der Waals surface area contributed by atoms with Gasteiger partial charge in [0, 0.05) is 98.9 Å². The van der Waals surface area contributed by atoms with E-state index in [1.165, 1.54) is 0 Å². The summed E-state index contributed by atoms with van der Waals surface area (Å²) in [7, 11) is 1.70. The lowest BCUT2D eigenvalue weighted by molar-refractivity contribution is -0.154. The van der Waals surface area contributed by atoms with Gasteiger partial charge in [-0.3, -0.25) is 9.59 Å². The third kappa shape index (κ3) is 8.44. The number of hydrogen-bond acceptors (Lipinski definition) is 14. The monoisotopic (exact) mass is 924 g/mol. The second-order valence-corrected chi connectivity index (χ2v) is 19.2. The molecule has 2 bridgehead atoms. The average Bonchev–Trinajstić information content (AvgIpc) is 4.01. The highest BCUT2D eigenvalue weighted by Crippen LogP contribution is 2.59. The standard InChI is InChI=1S/C52H64N2O13/c1-3-64-51(61)50-39(26-58)44-33-18-34(25-57)46(60)37(20-33)36-19-31-11-13-53-42(31)21-30(36)8-7-29(24-56)28-65-48-38-22-43(66-47(38)40(27-59)49(67-50)45(44)48)52(62)35(6-4-16-55)10-9-32-23-54(14-5-17-63-2)15-12-41(32)52/h9-11,13,19,21,26,29,32,34-35,37,41,43,53,55-57,59,62H,3-8,12,14-18,20,22-25,27-28H2,1-2H3. The summed E-state index contributed by atoms with van der Waals surface area (Å²) in [5.74, 6) is -3.54. The summed E-state index contributed by atoms with van der Waals surface area (Å²) < 4.78 is 31.3. The average molecular weight is 925 g/mol. The van der Waals surface area contributed by atoms with Crippen LogP contribution in [0.4, 0.5) is 0 Å². The van der Waals surface area contributed by atoms with Crippen molar-refractivity contribution in [2.45, 2.75) is 88.9 Å². The van der Waals surface area contributed by atoms with Gasteiger partial charge in [-0.05, 0) is 105 Å². The highest BCUT2D eigenvalue weighted by atomic mass is 16.6. The normalized spacial score (nSPS) is 28.2. The molecule has 67 heavy (non-hydrogen) atoms. The third-order valence-electron chi connectivity index (χ3n) is 15.4. The minimum Gasteiger partial charge on any atom is -0.492 e. The number of aliphatic hydroxyl groups excluding tert-OH is 4. The van der Waals surface area contributed by atoms with E-state index < -0.39 is 54.4 Å². The first-order chi connectivity index (χ1) is 32.6. The molecule has 6 aliphatic rings. The van der Waals surface area contributed by atoms with Crippen LogP contribution in [0.25, 0.3) is 16.5 Å². The van der Waals surface area contributed by atoms with Gasteiger partial charge in [-0.1, -0.05) is 17.7 Å². The van der Waals surface area contributed by atoms with Crippen molar-refractivity contribution >= 4 is 34.5 Å². The molecule has 8 atom stereocenters. The van der Waals surface area contributed by atoms with E-state index in [9.17, 15) is 39.9 Å². The molecule has 1 saturated carbocycles. The number of hydrogen-bond donors (Lipinski definition) is 6. The minimum atomic E-state index is -1.44. The lowest BCUT2D eigenvalue weighted by atomic mass is 9.60. The number of ketones is 1. The Bertz CT molecular complexity index is 2470. The van der Waals surface area contributed by atoms with E-state index >= 15 is 0 Å². The number of carbonyl (C=O) groups is 3. The number of aldehydes is 1. The molecule has 1 aromatic heterocycles. The second kappa shape index (κ2) is 20.0. The number of aromatic amines is 1. The van der Waals surface area contributed by atoms with E-state index in [4.69, 9.17) is 23.7 Å². The highest BCUT2D eigenvalue weighted by Gasteiger charge is 2.58. The van der Waals surface area contributed by atoms with Crippen molar-refractivity contribution in [1.29, 1.82) is 0 Å². The maximum atomic E-state index is 14.5. The zero-order valence-corrected chi connectivity index (χ0v) is 38.5. The number of ether oxygens (including phenoxy) is 5. The predicted molar refractivity (Wildman–Crippen MR) is 246 cm³/mol. The third-order valence-corrected chi connectivity index (χ3v) is 15.4. The Morgan fingerprint density at radius 2 is 1.90 bits per heavy atom. The Morgan fingerprint density at radius 3 is 2.64 bits per heavy atom. The smallest absolute Gasteiger partial charge is 0.375 e. The van der Waals surface area contributed by atoms with Crippen molar-refractivity contribution in [2.24, 2.45) is 29.6 Å². The number of piperidine rings is 1. The number of allylic oxidation sites excluding steroid dienone is 3. The number of aliphatic hydroxyl groups is 5. The fourth-order valence-electron chi connectivity index (χ4n) is 12.1. The largest absolute Gasteiger partial charge is 0.492 e. The van der Waals surface area contributed by atoms with Crippen molar-refractivity contribution in [3.8, 4) is 17.2 Å². The van der Waals surface area contributed by atoms with E-state index in [0.717, 1.165) is 48.1 Å². The van der Waals surface area contributed by atoms with Crippen LogP contribution in [0.3, 0.4) is 0 Å². The molecule has 2 fully saturated rings. The Kier molecular flexibility index (Phi) is 14.1. The van der Waals surface area contributed by atoms with Crippen molar-refractivity contribution in [2.75, 3.05) is 66.4 Å². The van der Waals surface area contributed by atoms with Crippen molar-refractivity contribution in [1.82, 2.24) is 9.88 Å². The van der Waals surface area contributed by atoms with Crippen LogP contribution < -0.4 is 14.2 Å². The molecule has 4 aliphatic heterocycles. The summed E-state index contributed by atoms with van der Waals surface area (Å²) in [4.78, 5) is 47.8. The molecule has 5 heterocycles. The number of benzene rings is 2. The zero-order chi connectivity index (χ0) is 47.0. The summed E-state index contributed by atoms with van der Waals surface area (Å²) in [5, 5.41) is 57.7. The van der Waals surface area contributed by atoms with E-state index in [2.05, 4.69) is 22.0 Å². The molecule has 0 spiro atoms. The highest BCUT2D eigenvalue weighted by molar-refractivity contribution is 6.11. The molecular formula is C52H64N2O13. The summed E-state index contributed by atoms with van der Waals surface area (Å²) >= 11 is 0. The molecule has 0 amide bonds. The summed E-state index contributed by atoms with van der Waals surface area (Å²) in [6.45, 7) is 3.29. The Labute approximate surface area is 390 Å². The molecule has 3 aromatic rings. The van der Waals surface area contributed by atoms with Crippen LogP contribution >= 0.6 is 0 Å². The fraction of sp³-hybridized carbons (Fsp3) is 0.558. The van der Waals surface area contributed by atoms with Gasteiger partial charge in [0.1, 0.15) is 34.7 Å². The lowest BCUT2D eigenvalue weighted by Gasteiger charge is -2.53. The number of Topliss-reactive ketones (excluding diaryl/α,β-unsaturated/α-hetero) is 1. The fourth-order valence-corrected chi connectivity index (χ4v) is 12.1. The van der Waals surface area contributed by atoms with Crippen LogP contribution in [0.2, 0.25) is 0 Å². The number of fused-ring (bicyclic) bond motifs is 8. The summed E-state index contributed by atoms with van der Waals surface area (Å²) in [5.41, 5.74) is 2.92. The van der Waals surface area contributed by atoms with Crippen LogP contribution in [-0.4, -0.2) is 132 Å². The first kappa shape index (κ1) is 47.2. The van der Waals surface area contributed by atoms with Gasteiger partial charge in [0.25, 0.3) is 0 Å². The minimum absolute atomic E-state index is 0.00435. The lowest BCUT2D eigenvalue weighted by Crippen LogP contribution is -2.62. The van der Waals surface area contributed by atoms with Gasteiger partial charge in [0.05, 0.1) is 43.1 Å². The number of likely N-dealkylation sites (tertiary alicyclic amines) is 1. The van der Waals surface area contributed by atoms with Crippen LogP contribution in [0.1, 0.15) is 85.6 Å². The topological polar surface area (TPSA) is 218 Å². The molecule has 15 nitrogen and oxygen atoms in total. The maximum absolute atomic E-state index is 14.5. The Morgan fingerprint density at radius 1 is 1.04 bits per heavy atom. The number of esters is 1. The van der Waals surface area contributed by atoms with Gasteiger partial charge >= 0.3 is 5.97 Å². The van der Waals surface area contributed by atoms with Gasteiger partial charge in [0.2, 0.25) is 5.76 Å². The maximum Gasteiger partial charge on any atom is 0.375 e. The first-order valence-electron chi connectivity index (χ1n) is 24.1. The molecule has 1 saturated heterocycles. The van der Waals surface area contributed by atoms with E-state index in [0.29, 0.717) is 56.1 Å². The van der Waals surface area contributed by atoms with E-state index in [-0.39, 0.29) is 109 Å². The molecular weight excluding hydrogens is 861 g/mol. The molecule has 8 unspecified atom stereocenters. The van der Waals surface area contributed by atoms with Crippen LogP contribution in [0, 0.1) is 29.6 Å². The van der Waals surface area contributed by atoms with Gasteiger partial charge < -0.3 is 59.1 Å². The summed E-state index contributed by atoms with van der Waals surface area (Å²) in [6, 6.07) is 5.97. The first-order valence-corrected chi connectivity index (χ1v) is 24.1. The van der Waals surface area contributed by atoms with Crippen LogP contribution in [0.15, 0.2) is 53.5 Å². The molecule has 6 N–H and O–H groups in total. The van der Waals surface area contributed by atoms with Gasteiger partial charge in [-0.25, -0.2) is 4.79 Å². The van der Waals surface area contributed by atoms with Gasteiger partial charge in [0.15, 0.2) is 6.29 Å².